The van der Waals surface area contributed by atoms with Gasteiger partial charge >= 0.3 is 5.97 Å². The number of hydrogen-bond acceptors (Lipinski definition) is 5. The predicted molar refractivity (Wildman–Crippen MR) is 121 cm³/mol. The maximum atomic E-state index is 13.1. The third kappa shape index (κ3) is 3.22. The standard InChI is InChI=1S/C23H19Br2NO5/c1-30-14-4-2-3-11(9-14)23(29)31-13-7-5-12(6-8-13)26-21(27)17-15-10-16(18(17)22(26)28)20(25)19(15)24/h2-9,15-20H,10H2,1H3. The molecule has 3 fully saturated rings. The van der Waals surface area contributed by atoms with Gasteiger partial charge in [0.05, 0.1) is 30.2 Å². The van der Waals surface area contributed by atoms with Crippen LogP contribution in [0.4, 0.5) is 5.69 Å². The molecule has 2 saturated carbocycles. The van der Waals surface area contributed by atoms with Crippen LogP contribution in [0, 0.1) is 23.7 Å². The summed E-state index contributed by atoms with van der Waals surface area (Å²) in [4.78, 5) is 40.3. The molecule has 8 heteroatoms. The first-order valence-electron chi connectivity index (χ1n) is 10.0. The molecule has 31 heavy (non-hydrogen) atoms. The van der Waals surface area contributed by atoms with Gasteiger partial charge in [-0.3, -0.25) is 14.5 Å². The van der Waals surface area contributed by atoms with Gasteiger partial charge in [0.25, 0.3) is 0 Å². The number of benzene rings is 2. The van der Waals surface area contributed by atoms with Gasteiger partial charge in [0, 0.05) is 9.65 Å². The number of nitrogens with zero attached hydrogens (tertiary/aromatic N) is 1. The average molecular weight is 549 g/mol. The molecule has 2 aromatic carbocycles. The fraction of sp³-hybridized carbons (Fsp3) is 0.348. The summed E-state index contributed by atoms with van der Waals surface area (Å²) in [7, 11) is 1.53. The zero-order valence-electron chi connectivity index (χ0n) is 16.5. The van der Waals surface area contributed by atoms with E-state index >= 15 is 0 Å². The molecule has 160 valence electrons. The van der Waals surface area contributed by atoms with Crippen LogP contribution in [-0.4, -0.2) is 34.5 Å². The van der Waals surface area contributed by atoms with E-state index < -0.39 is 5.97 Å². The number of carbonyl (C=O) groups excluding carboxylic acids is 3. The second-order valence-corrected chi connectivity index (χ2v) is 10.2. The molecule has 6 nitrogen and oxygen atoms in total. The summed E-state index contributed by atoms with van der Waals surface area (Å²) in [5.41, 5.74) is 0.868. The van der Waals surface area contributed by atoms with Crippen LogP contribution in [0.5, 0.6) is 11.5 Å². The van der Waals surface area contributed by atoms with E-state index in [0.717, 1.165) is 6.42 Å². The Hall–Kier alpha value is -2.19. The molecular weight excluding hydrogens is 530 g/mol. The number of carbonyl (C=O) groups is 3. The van der Waals surface area contributed by atoms with E-state index in [1.807, 2.05) is 0 Å². The van der Waals surface area contributed by atoms with Crippen molar-refractivity contribution in [3.8, 4) is 11.5 Å². The zero-order chi connectivity index (χ0) is 21.9. The lowest BCUT2D eigenvalue weighted by molar-refractivity contribution is -0.123. The number of methoxy groups -OCH3 is 1. The van der Waals surface area contributed by atoms with Gasteiger partial charge < -0.3 is 9.47 Å². The maximum absolute atomic E-state index is 13.1. The van der Waals surface area contributed by atoms with Crippen LogP contribution in [0.2, 0.25) is 0 Å². The second kappa shape index (κ2) is 7.74. The normalized spacial score (nSPS) is 31.1. The van der Waals surface area contributed by atoms with Crippen molar-refractivity contribution < 1.29 is 23.9 Å². The lowest BCUT2D eigenvalue weighted by atomic mass is 9.81. The number of hydrogen-bond donors (Lipinski definition) is 0. The third-order valence-corrected chi connectivity index (χ3v) is 9.80. The average Bonchev–Trinajstić information content (AvgIpc) is 3.39. The fourth-order valence-corrected chi connectivity index (χ4v) is 7.06. The highest BCUT2D eigenvalue weighted by Crippen LogP contribution is 2.60. The Balaban J connectivity index is 1.33. The lowest BCUT2D eigenvalue weighted by Crippen LogP contribution is -2.37. The highest BCUT2D eigenvalue weighted by molar-refractivity contribution is 9.12. The van der Waals surface area contributed by atoms with Crippen LogP contribution in [-0.2, 0) is 9.59 Å². The van der Waals surface area contributed by atoms with Crippen molar-refractivity contribution in [1.82, 2.24) is 0 Å². The zero-order valence-corrected chi connectivity index (χ0v) is 19.7. The number of ether oxygens (including phenoxy) is 2. The van der Waals surface area contributed by atoms with Gasteiger partial charge in [0.1, 0.15) is 11.5 Å². The number of alkyl halides is 2. The highest BCUT2D eigenvalue weighted by Gasteiger charge is 2.66. The first kappa shape index (κ1) is 20.7. The summed E-state index contributed by atoms with van der Waals surface area (Å²) in [5, 5.41) is 0. The van der Waals surface area contributed by atoms with Crippen LogP contribution >= 0.6 is 31.9 Å². The van der Waals surface area contributed by atoms with E-state index in [4.69, 9.17) is 9.47 Å². The van der Waals surface area contributed by atoms with E-state index in [1.54, 1.807) is 48.5 Å². The predicted octanol–water partition coefficient (Wildman–Crippen LogP) is 4.20. The third-order valence-electron chi connectivity index (χ3n) is 6.60. The Morgan fingerprint density at radius 2 is 1.55 bits per heavy atom. The minimum atomic E-state index is -0.516. The molecule has 2 aromatic rings. The first-order chi connectivity index (χ1) is 14.9. The van der Waals surface area contributed by atoms with Crippen molar-refractivity contribution >= 4 is 55.3 Å². The molecule has 0 spiro atoms. The van der Waals surface area contributed by atoms with Gasteiger partial charge in [0.15, 0.2) is 0 Å². The fourth-order valence-electron chi connectivity index (χ4n) is 5.18. The van der Waals surface area contributed by atoms with Gasteiger partial charge in [0.2, 0.25) is 11.8 Å². The Bertz CT molecular complexity index is 1040. The quantitative estimate of drug-likeness (QED) is 0.248. The Kier molecular flexibility index (Phi) is 5.17. The second-order valence-electron chi connectivity index (χ2n) is 8.13. The number of halogens is 2. The highest BCUT2D eigenvalue weighted by atomic mass is 79.9. The molecule has 0 N–H and O–H groups in total. The Morgan fingerprint density at radius 3 is 2.13 bits per heavy atom. The Morgan fingerprint density at radius 1 is 0.935 bits per heavy atom. The van der Waals surface area contributed by atoms with Gasteiger partial charge in [-0.05, 0) is 60.7 Å². The van der Waals surface area contributed by atoms with Crippen LogP contribution in [0.25, 0.3) is 0 Å². The molecule has 0 aromatic heterocycles. The Labute approximate surface area is 196 Å². The van der Waals surface area contributed by atoms with E-state index in [9.17, 15) is 14.4 Å². The van der Waals surface area contributed by atoms with E-state index in [1.165, 1.54) is 12.0 Å². The lowest BCUT2D eigenvalue weighted by Gasteiger charge is -2.28. The summed E-state index contributed by atoms with van der Waals surface area (Å²) < 4.78 is 10.6. The van der Waals surface area contributed by atoms with Crippen molar-refractivity contribution in [1.29, 1.82) is 0 Å². The van der Waals surface area contributed by atoms with Crippen molar-refractivity contribution in [2.75, 3.05) is 12.0 Å². The van der Waals surface area contributed by atoms with Gasteiger partial charge in [-0.15, -0.1) is 0 Å². The first-order valence-corrected chi connectivity index (χ1v) is 11.9. The number of amides is 2. The van der Waals surface area contributed by atoms with Crippen molar-refractivity contribution in [3.05, 3.63) is 54.1 Å². The van der Waals surface area contributed by atoms with Gasteiger partial charge in [-0.25, -0.2) is 4.79 Å². The molecular formula is C23H19Br2NO5. The monoisotopic (exact) mass is 547 g/mol. The van der Waals surface area contributed by atoms with Crippen molar-refractivity contribution in [3.63, 3.8) is 0 Å². The van der Waals surface area contributed by atoms with E-state index in [-0.39, 0.29) is 45.1 Å². The van der Waals surface area contributed by atoms with E-state index in [0.29, 0.717) is 22.7 Å². The molecule has 2 amide bonds. The molecule has 6 unspecified atom stereocenters. The van der Waals surface area contributed by atoms with Crippen LogP contribution < -0.4 is 14.4 Å². The number of esters is 1. The summed E-state index contributed by atoms with van der Waals surface area (Å²) in [6, 6.07) is 13.2. The molecule has 2 aliphatic carbocycles. The van der Waals surface area contributed by atoms with Crippen molar-refractivity contribution in [2.24, 2.45) is 23.7 Å². The number of imide groups is 1. The molecule has 1 saturated heterocycles. The molecule has 0 radical (unpaired) electrons. The molecule has 3 aliphatic rings. The number of rotatable bonds is 4. The molecule has 5 rings (SSSR count). The van der Waals surface area contributed by atoms with Crippen LogP contribution in [0.15, 0.2) is 48.5 Å². The molecule has 6 atom stereocenters. The summed E-state index contributed by atoms with van der Waals surface area (Å²) >= 11 is 7.39. The molecule has 1 aliphatic heterocycles. The SMILES string of the molecule is COc1cccc(C(=O)Oc2ccc(N3C(=O)C4C5CC(C(Br)C5Br)C4C3=O)cc2)c1. The number of fused-ring (bicyclic) bond motifs is 5. The van der Waals surface area contributed by atoms with Crippen LogP contribution in [0.1, 0.15) is 16.8 Å². The smallest absolute Gasteiger partial charge is 0.343 e. The minimum Gasteiger partial charge on any atom is -0.497 e. The minimum absolute atomic E-state index is 0.132. The summed E-state index contributed by atoms with van der Waals surface area (Å²) in [6.45, 7) is 0. The largest absolute Gasteiger partial charge is 0.497 e. The van der Waals surface area contributed by atoms with Crippen molar-refractivity contribution in [2.45, 2.75) is 16.1 Å². The molecule has 2 bridgehead atoms. The number of anilines is 1. The molecule has 1 heterocycles. The van der Waals surface area contributed by atoms with E-state index in [2.05, 4.69) is 31.9 Å². The van der Waals surface area contributed by atoms with Crippen LogP contribution in [0.3, 0.4) is 0 Å². The topological polar surface area (TPSA) is 72.9 Å². The summed E-state index contributed by atoms with van der Waals surface area (Å²) in [5.74, 6) is -0.0724. The van der Waals surface area contributed by atoms with Gasteiger partial charge in [-0.2, -0.15) is 0 Å². The summed E-state index contributed by atoms with van der Waals surface area (Å²) in [6.07, 6.45) is 0.894. The van der Waals surface area contributed by atoms with Gasteiger partial charge in [-0.1, -0.05) is 37.9 Å². The maximum Gasteiger partial charge on any atom is 0.343 e.